The molecule has 0 radical (unpaired) electrons. The van der Waals surface area contributed by atoms with Crippen molar-refractivity contribution in [1.82, 2.24) is 0 Å². The number of carbonyl (C=O) groups is 2. The van der Waals surface area contributed by atoms with Gasteiger partial charge in [-0.1, -0.05) is 6.42 Å². The summed E-state index contributed by atoms with van der Waals surface area (Å²) in [5.74, 6) is -18.2. The minimum atomic E-state index is -6.57. The Bertz CT molecular complexity index is 386. The molecule has 1 atom stereocenters. The molecule has 0 saturated heterocycles. The van der Waals surface area contributed by atoms with Gasteiger partial charge in [-0.25, -0.2) is 0 Å². The van der Waals surface area contributed by atoms with Crippen LogP contribution in [0.5, 0.6) is 0 Å². The highest BCUT2D eigenvalue weighted by Gasteiger charge is 2.76. The van der Waals surface area contributed by atoms with Gasteiger partial charge < -0.3 is 0 Å². The molecule has 2 nitrogen and oxygen atoms in total. The fourth-order valence-electron chi connectivity index (χ4n) is 1.81. The normalized spacial score (nSPS) is 22.5. The Hall–Kier alpha value is -1.15. The van der Waals surface area contributed by atoms with Crippen molar-refractivity contribution in [3.63, 3.8) is 0 Å². The molecule has 19 heavy (non-hydrogen) atoms. The summed E-state index contributed by atoms with van der Waals surface area (Å²) in [6.45, 7) is 0. The molecule has 0 aliphatic heterocycles. The third-order valence-electron chi connectivity index (χ3n) is 2.93. The summed E-state index contributed by atoms with van der Waals surface area (Å²) in [5.41, 5.74) is 0. The number of hydrogen-bond donors (Lipinski definition) is 0. The van der Waals surface area contributed by atoms with Crippen molar-refractivity contribution < 1.29 is 40.3 Å². The van der Waals surface area contributed by atoms with Crippen LogP contribution in [-0.4, -0.2) is 29.6 Å². The second-order valence-electron chi connectivity index (χ2n) is 4.28. The van der Waals surface area contributed by atoms with Gasteiger partial charge in [0, 0.05) is 6.42 Å². The summed E-state index contributed by atoms with van der Waals surface area (Å²) < 4.78 is 87.1. The number of rotatable bonds is 3. The average Bonchev–Trinajstić information content (AvgIpc) is 2.27. The van der Waals surface area contributed by atoms with Crippen molar-refractivity contribution in [2.24, 2.45) is 5.92 Å². The largest absolute Gasteiger partial charge is 0.460 e. The summed E-state index contributed by atoms with van der Waals surface area (Å²) >= 11 is 0. The van der Waals surface area contributed by atoms with Gasteiger partial charge in [0.2, 0.25) is 5.78 Å². The Kier molecular flexibility index (Phi) is 3.98. The zero-order chi connectivity index (χ0) is 15.1. The van der Waals surface area contributed by atoms with Gasteiger partial charge in [-0.2, -0.15) is 30.7 Å². The first-order valence-corrected chi connectivity index (χ1v) is 5.32. The molecule has 0 heterocycles. The van der Waals surface area contributed by atoms with Crippen LogP contribution in [0.15, 0.2) is 0 Å². The molecule has 0 aromatic heterocycles. The molecule has 0 aromatic rings. The lowest BCUT2D eigenvalue weighted by Gasteiger charge is -2.30. The Morgan fingerprint density at radius 1 is 1.00 bits per heavy atom. The lowest BCUT2D eigenvalue weighted by atomic mass is 9.82. The Labute approximate surface area is 102 Å². The first kappa shape index (κ1) is 15.9. The van der Waals surface area contributed by atoms with Crippen LogP contribution in [0.3, 0.4) is 0 Å². The van der Waals surface area contributed by atoms with Crippen molar-refractivity contribution in [3.05, 3.63) is 0 Å². The molecule has 0 bridgehead atoms. The minimum absolute atomic E-state index is 0.149. The molecule has 0 N–H and O–H groups in total. The first-order chi connectivity index (χ1) is 8.43. The van der Waals surface area contributed by atoms with Gasteiger partial charge in [0.1, 0.15) is 5.78 Å². The predicted molar refractivity (Wildman–Crippen MR) is 47.9 cm³/mol. The molecular formula is C10H9F7O2. The molecule has 1 aliphatic carbocycles. The van der Waals surface area contributed by atoms with Crippen molar-refractivity contribution in [1.29, 1.82) is 0 Å². The fraction of sp³-hybridized carbons (Fsp3) is 0.800. The maximum Gasteiger partial charge on any atom is 0.460 e. The third kappa shape index (κ3) is 2.59. The minimum Gasteiger partial charge on any atom is -0.299 e. The van der Waals surface area contributed by atoms with Crippen LogP contribution in [0.25, 0.3) is 0 Å². The molecule has 0 aromatic carbocycles. The first-order valence-electron chi connectivity index (χ1n) is 5.32. The topological polar surface area (TPSA) is 34.1 Å². The zero-order valence-electron chi connectivity index (χ0n) is 9.37. The van der Waals surface area contributed by atoms with E-state index in [0.717, 1.165) is 0 Å². The van der Waals surface area contributed by atoms with Gasteiger partial charge in [-0.3, -0.25) is 9.59 Å². The summed E-state index contributed by atoms with van der Waals surface area (Å²) in [6.07, 6.45) is -6.82. The van der Waals surface area contributed by atoms with E-state index in [4.69, 9.17) is 0 Å². The Morgan fingerprint density at radius 3 is 1.95 bits per heavy atom. The van der Waals surface area contributed by atoms with Crippen LogP contribution in [0.4, 0.5) is 30.7 Å². The third-order valence-corrected chi connectivity index (χ3v) is 2.93. The van der Waals surface area contributed by atoms with Gasteiger partial charge in [-0.15, -0.1) is 0 Å². The van der Waals surface area contributed by atoms with Crippen molar-refractivity contribution in [2.75, 3.05) is 0 Å². The second-order valence-corrected chi connectivity index (χ2v) is 4.28. The molecule has 9 heteroatoms. The van der Waals surface area contributed by atoms with Gasteiger partial charge in [0.15, 0.2) is 0 Å². The molecular weight excluding hydrogens is 285 g/mol. The molecule has 1 aliphatic rings. The van der Waals surface area contributed by atoms with Crippen LogP contribution >= 0.6 is 0 Å². The molecule has 1 unspecified atom stereocenters. The van der Waals surface area contributed by atoms with Crippen LogP contribution in [0, 0.1) is 5.92 Å². The molecule has 0 spiro atoms. The maximum atomic E-state index is 13.1. The van der Waals surface area contributed by atoms with Crippen molar-refractivity contribution >= 4 is 11.6 Å². The van der Waals surface area contributed by atoms with E-state index in [0.29, 0.717) is 6.42 Å². The molecule has 0 amide bonds. The lowest BCUT2D eigenvalue weighted by Crippen LogP contribution is -2.58. The number of halogens is 7. The number of alkyl halides is 7. The predicted octanol–water partition coefficient (Wildman–Crippen LogP) is 3.15. The molecule has 1 fully saturated rings. The van der Waals surface area contributed by atoms with Gasteiger partial charge in [0.25, 0.3) is 0 Å². The molecule has 1 saturated carbocycles. The number of carbonyl (C=O) groups excluding carboxylic acids is 2. The summed E-state index contributed by atoms with van der Waals surface area (Å²) in [7, 11) is 0. The van der Waals surface area contributed by atoms with Crippen molar-refractivity contribution in [3.8, 4) is 0 Å². The Balaban J connectivity index is 3.05. The summed E-state index contributed by atoms with van der Waals surface area (Å²) in [5, 5.41) is 0. The van der Waals surface area contributed by atoms with Crippen LogP contribution in [-0.2, 0) is 9.59 Å². The number of hydrogen-bond acceptors (Lipinski definition) is 2. The highest BCUT2D eigenvalue weighted by molar-refractivity contribution is 6.06. The van der Waals surface area contributed by atoms with E-state index < -0.39 is 41.9 Å². The van der Waals surface area contributed by atoms with E-state index in [9.17, 15) is 40.3 Å². The van der Waals surface area contributed by atoms with Crippen LogP contribution < -0.4 is 0 Å². The number of ketones is 2. The molecule has 1 rings (SSSR count). The Morgan fingerprint density at radius 2 is 1.53 bits per heavy atom. The summed E-state index contributed by atoms with van der Waals surface area (Å²) in [4.78, 5) is 22.4. The van der Waals surface area contributed by atoms with E-state index in [1.807, 2.05) is 0 Å². The number of Topliss-reactive ketones (excluding diaryl/α,β-unsaturated/α-hetero) is 2. The molecule has 110 valence electrons. The van der Waals surface area contributed by atoms with E-state index >= 15 is 0 Å². The van der Waals surface area contributed by atoms with Gasteiger partial charge in [0.05, 0.1) is 5.92 Å². The van der Waals surface area contributed by atoms with E-state index in [1.54, 1.807) is 0 Å². The van der Waals surface area contributed by atoms with E-state index in [-0.39, 0.29) is 12.8 Å². The van der Waals surface area contributed by atoms with Crippen LogP contribution in [0.2, 0.25) is 0 Å². The monoisotopic (exact) mass is 294 g/mol. The van der Waals surface area contributed by atoms with Gasteiger partial charge in [-0.05, 0) is 12.8 Å². The van der Waals surface area contributed by atoms with Crippen LogP contribution in [0.1, 0.15) is 25.7 Å². The average molecular weight is 294 g/mol. The van der Waals surface area contributed by atoms with Crippen molar-refractivity contribution in [2.45, 2.75) is 43.7 Å². The summed E-state index contributed by atoms with van der Waals surface area (Å²) in [6, 6.07) is 0. The zero-order valence-corrected chi connectivity index (χ0v) is 9.37. The standard InChI is InChI=1S/C10H9F7O2/c11-8(12,9(13,14)10(15,16)17)7(19)5-3-1-2-4-6(5)18/h5H,1-4H2. The quantitative estimate of drug-likeness (QED) is 0.592. The maximum absolute atomic E-state index is 13.1. The van der Waals surface area contributed by atoms with E-state index in [2.05, 4.69) is 0 Å². The second kappa shape index (κ2) is 4.75. The SMILES string of the molecule is O=C1CCCCC1C(=O)C(F)(F)C(F)(F)C(F)(F)F. The lowest BCUT2D eigenvalue weighted by molar-refractivity contribution is -0.344. The highest BCUT2D eigenvalue weighted by atomic mass is 19.4. The fourth-order valence-corrected chi connectivity index (χ4v) is 1.81. The highest BCUT2D eigenvalue weighted by Crippen LogP contribution is 2.48. The smallest absolute Gasteiger partial charge is 0.299 e. The van der Waals surface area contributed by atoms with E-state index in [1.165, 1.54) is 0 Å². The van der Waals surface area contributed by atoms with Gasteiger partial charge >= 0.3 is 18.0 Å².